The van der Waals surface area contributed by atoms with E-state index in [1.165, 1.54) is 44.1 Å². The van der Waals surface area contributed by atoms with E-state index in [-0.39, 0.29) is 5.41 Å². The van der Waals surface area contributed by atoms with Crippen molar-refractivity contribution in [1.82, 2.24) is 0 Å². The van der Waals surface area contributed by atoms with Gasteiger partial charge < -0.3 is 5.73 Å². The molecule has 0 heterocycles. The first-order chi connectivity index (χ1) is 8.51. The lowest BCUT2D eigenvalue weighted by molar-refractivity contribution is 0.603. The highest BCUT2D eigenvalue weighted by Crippen LogP contribution is 2.42. The number of hydrogen-bond acceptors (Lipinski definition) is 1. The Bertz CT molecular complexity index is 491. The fourth-order valence-electron chi connectivity index (χ4n) is 3.73. The zero-order chi connectivity index (χ0) is 12.9. The van der Waals surface area contributed by atoms with Gasteiger partial charge in [-0.2, -0.15) is 0 Å². The molecular formula is C17H23N. The van der Waals surface area contributed by atoms with Gasteiger partial charge in [0.15, 0.2) is 0 Å². The molecule has 0 radical (unpaired) electrons. The molecule has 1 aromatic rings. The van der Waals surface area contributed by atoms with Gasteiger partial charge in [-0.1, -0.05) is 26.5 Å². The predicted octanol–water partition coefficient (Wildman–Crippen LogP) is 3.41. The second-order valence-electron chi connectivity index (χ2n) is 6.38. The highest BCUT2D eigenvalue weighted by Gasteiger charge is 2.33. The lowest BCUT2D eigenvalue weighted by Gasteiger charge is -2.31. The van der Waals surface area contributed by atoms with E-state index in [4.69, 9.17) is 5.73 Å². The Labute approximate surface area is 110 Å². The first kappa shape index (κ1) is 11.8. The molecule has 2 aliphatic carbocycles. The maximum Gasteiger partial charge on any atom is 0.0291 e. The van der Waals surface area contributed by atoms with E-state index in [1.54, 1.807) is 22.3 Å². The number of rotatable bonds is 2. The molecule has 2 aliphatic rings. The quantitative estimate of drug-likeness (QED) is 0.843. The number of nitrogens with two attached hydrogens (primary N) is 1. The second kappa shape index (κ2) is 3.88. The minimum atomic E-state index is -0.0793. The van der Waals surface area contributed by atoms with Crippen LogP contribution in [0.25, 0.3) is 0 Å². The Morgan fingerprint density at radius 2 is 1.56 bits per heavy atom. The van der Waals surface area contributed by atoms with E-state index in [1.807, 2.05) is 0 Å². The van der Waals surface area contributed by atoms with Gasteiger partial charge in [0.1, 0.15) is 0 Å². The topological polar surface area (TPSA) is 26.0 Å². The van der Waals surface area contributed by atoms with Crippen molar-refractivity contribution >= 4 is 0 Å². The SMILES string of the molecule is C=C(N)C(C)(C)c1c2c(cc3c1CCC3)CCC2. The van der Waals surface area contributed by atoms with Crippen LogP contribution in [0.5, 0.6) is 0 Å². The molecule has 0 saturated heterocycles. The third-order valence-corrected chi connectivity index (χ3v) is 4.90. The fourth-order valence-corrected chi connectivity index (χ4v) is 3.73. The van der Waals surface area contributed by atoms with Crippen molar-refractivity contribution in [2.75, 3.05) is 0 Å². The van der Waals surface area contributed by atoms with Gasteiger partial charge in [0.2, 0.25) is 0 Å². The molecule has 2 N–H and O–H groups in total. The summed E-state index contributed by atoms with van der Waals surface area (Å²) in [6.45, 7) is 8.51. The van der Waals surface area contributed by atoms with Crippen molar-refractivity contribution in [2.24, 2.45) is 5.73 Å². The summed E-state index contributed by atoms with van der Waals surface area (Å²) < 4.78 is 0. The van der Waals surface area contributed by atoms with Crippen LogP contribution >= 0.6 is 0 Å². The molecule has 0 spiro atoms. The van der Waals surface area contributed by atoms with Crippen LogP contribution in [-0.4, -0.2) is 0 Å². The Morgan fingerprint density at radius 3 is 2.00 bits per heavy atom. The smallest absolute Gasteiger partial charge is 0.0291 e. The summed E-state index contributed by atoms with van der Waals surface area (Å²) in [5, 5.41) is 0. The van der Waals surface area contributed by atoms with Crippen molar-refractivity contribution in [3.8, 4) is 0 Å². The van der Waals surface area contributed by atoms with Crippen molar-refractivity contribution in [3.05, 3.63) is 46.2 Å². The number of hydrogen-bond donors (Lipinski definition) is 1. The van der Waals surface area contributed by atoms with Crippen LogP contribution in [0.1, 0.15) is 54.5 Å². The Morgan fingerprint density at radius 1 is 1.06 bits per heavy atom. The van der Waals surface area contributed by atoms with E-state index in [9.17, 15) is 0 Å². The number of fused-ring (bicyclic) bond motifs is 2. The molecule has 0 aromatic heterocycles. The normalized spacial score (nSPS) is 17.7. The number of allylic oxidation sites excluding steroid dienone is 1. The monoisotopic (exact) mass is 241 g/mol. The van der Waals surface area contributed by atoms with Gasteiger partial charge in [0, 0.05) is 11.1 Å². The summed E-state index contributed by atoms with van der Waals surface area (Å²) in [7, 11) is 0. The second-order valence-corrected chi connectivity index (χ2v) is 6.38. The summed E-state index contributed by atoms with van der Waals surface area (Å²) in [6, 6.07) is 2.48. The average molecular weight is 241 g/mol. The van der Waals surface area contributed by atoms with E-state index < -0.39 is 0 Å². The molecule has 96 valence electrons. The zero-order valence-electron chi connectivity index (χ0n) is 11.6. The van der Waals surface area contributed by atoms with Crippen LogP contribution in [0.15, 0.2) is 18.3 Å². The summed E-state index contributed by atoms with van der Waals surface area (Å²) in [6.07, 6.45) is 7.57. The molecule has 1 aromatic carbocycles. The molecule has 0 amide bonds. The maximum absolute atomic E-state index is 6.10. The molecule has 3 rings (SSSR count). The van der Waals surface area contributed by atoms with Gasteiger partial charge >= 0.3 is 0 Å². The van der Waals surface area contributed by atoms with Gasteiger partial charge in [-0.25, -0.2) is 0 Å². The summed E-state index contributed by atoms with van der Waals surface area (Å²) >= 11 is 0. The number of aryl methyl sites for hydroxylation is 2. The Kier molecular flexibility index (Phi) is 2.55. The summed E-state index contributed by atoms with van der Waals surface area (Å²) in [5.41, 5.74) is 14.7. The third-order valence-electron chi connectivity index (χ3n) is 4.90. The predicted molar refractivity (Wildman–Crippen MR) is 76.8 cm³/mol. The lowest BCUT2D eigenvalue weighted by Crippen LogP contribution is -2.28. The van der Waals surface area contributed by atoms with Crippen LogP contribution in [0, 0.1) is 0 Å². The molecule has 0 aliphatic heterocycles. The highest BCUT2D eigenvalue weighted by atomic mass is 14.6. The van der Waals surface area contributed by atoms with Crippen molar-refractivity contribution in [2.45, 2.75) is 57.8 Å². The fraction of sp³-hybridized carbons (Fsp3) is 0.529. The van der Waals surface area contributed by atoms with Crippen LogP contribution in [-0.2, 0) is 31.1 Å². The van der Waals surface area contributed by atoms with Crippen LogP contribution in [0.4, 0.5) is 0 Å². The van der Waals surface area contributed by atoms with Crippen LogP contribution in [0.2, 0.25) is 0 Å². The molecule has 0 saturated carbocycles. The van der Waals surface area contributed by atoms with Crippen LogP contribution < -0.4 is 5.73 Å². The third kappa shape index (κ3) is 1.53. The van der Waals surface area contributed by atoms with Gasteiger partial charge in [-0.05, 0) is 66.3 Å². The van der Waals surface area contributed by atoms with E-state index >= 15 is 0 Å². The minimum Gasteiger partial charge on any atom is -0.402 e. The molecule has 18 heavy (non-hydrogen) atoms. The minimum absolute atomic E-state index is 0.0793. The Balaban J connectivity index is 2.28. The highest BCUT2D eigenvalue weighted by molar-refractivity contribution is 5.55. The maximum atomic E-state index is 6.10. The molecule has 0 bridgehead atoms. The molecular weight excluding hydrogens is 218 g/mol. The Hall–Kier alpha value is -1.24. The first-order valence-corrected chi connectivity index (χ1v) is 7.13. The zero-order valence-corrected chi connectivity index (χ0v) is 11.6. The van der Waals surface area contributed by atoms with Gasteiger partial charge in [0.25, 0.3) is 0 Å². The van der Waals surface area contributed by atoms with E-state index in [0.717, 1.165) is 5.70 Å². The summed E-state index contributed by atoms with van der Waals surface area (Å²) in [5.74, 6) is 0. The van der Waals surface area contributed by atoms with Gasteiger partial charge in [0.05, 0.1) is 0 Å². The van der Waals surface area contributed by atoms with Crippen molar-refractivity contribution in [3.63, 3.8) is 0 Å². The van der Waals surface area contributed by atoms with E-state index in [2.05, 4.69) is 26.5 Å². The first-order valence-electron chi connectivity index (χ1n) is 7.13. The van der Waals surface area contributed by atoms with Crippen molar-refractivity contribution in [1.29, 1.82) is 0 Å². The lowest BCUT2D eigenvalue weighted by atomic mass is 9.75. The molecule has 1 heteroatoms. The van der Waals surface area contributed by atoms with E-state index in [0.29, 0.717) is 0 Å². The molecule has 0 atom stereocenters. The van der Waals surface area contributed by atoms with Crippen molar-refractivity contribution < 1.29 is 0 Å². The number of benzene rings is 1. The molecule has 0 fully saturated rings. The molecule has 0 unspecified atom stereocenters. The largest absolute Gasteiger partial charge is 0.402 e. The summed E-state index contributed by atoms with van der Waals surface area (Å²) in [4.78, 5) is 0. The average Bonchev–Trinajstić information content (AvgIpc) is 2.91. The van der Waals surface area contributed by atoms with Gasteiger partial charge in [-0.3, -0.25) is 0 Å². The molecule has 1 nitrogen and oxygen atoms in total. The van der Waals surface area contributed by atoms with Crippen LogP contribution in [0.3, 0.4) is 0 Å². The van der Waals surface area contributed by atoms with Gasteiger partial charge in [-0.15, -0.1) is 0 Å². The standard InChI is InChI=1S/C17H23N/c1-11(18)17(2,3)16-14-8-4-6-12(14)10-13-7-5-9-15(13)16/h10H,1,4-9,18H2,2-3H3.